The number of aromatic nitrogens is 2. The summed E-state index contributed by atoms with van der Waals surface area (Å²) in [6, 6.07) is 3.44. The Morgan fingerprint density at radius 2 is 2.28 bits per heavy atom. The molecule has 0 spiro atoms. The van der Waals surface area contributed by atoms with Crippen molar-refractivity contribution in [3.8, 4) is 0 Å². The summed E-state index contributed by atoms with van der Waals surface area (Å²) in [6.07, 6.45) is 5.55. The van der Waals surface area contributed by atoms with Crippen molar-refractivity contribution in [1.82, 2.24) is 9.55 Å². The van der Waals surface area contributed by atoms with Crippen LogP contribution < -0.4 is 5.76 Å². The maximum Gasteiger partial charge on any atom is 0.421 e. The number of pyridine rings is 1. The van der Waals surface area contributed by atoms with Gasteiger partial charge in [-0.15, -0.1) is 0 Å². The fourth-order valence-electron chi connectivity index (χ4n) is 2.74. The van der Waals surface area contributed by atoms with E-state index in [1.54, 1.807) is 18.3 Å². The maximum atomic E-state index is 11.7. The second-order valence-corrected chi connectivity index (χ2v) is 4.92. The molecule has 5 heteroatoms. The molecule has 2 heterocycles. The van der Waals surface area contributed by atoms with E-state index in [9.17, 15) is 9.90 Å². The molecule has 1 N–H and O–H groups in total. The second kappa shape index (κ2) is 4.57. The van der Waals surface area contributed by atoms with Crippen LogP contribution in [0.4, 0.5) is 0 Å². The SMILES string of the molecule is O=c1oc2cccnc2n1CC(O)C1CCCC1. The monoisotopic (exact) mass is 248 g/mol. The van der Waals surface area contributed by atoms with Crippen LogP contribution in [0.15, 0.2) is 27.5 Å². The van der Waals surface area contributed by atoms with Crippen molar-refractivity contribution in [3.63, 3.8) is 0 Å². The minimum atomic E-state index is -0.493. The Bertz CT molecular complexity index is 596. The lowest BCUT2D eigenvalue weighted by molar-refractivity contribution is 0.0919. The topological polar surface area (TPSA) is 68.3 Å². The smallest absolute Gasteiger partial charge is 0.406 e. The molecule has 1 fully saturated rings. The first kappa shape index (κ1) is 11.5. The number of oxazole rings is 1. The molecule has 0 aliphatic heterocycles. The molecular weight excluding hydrogens is 232 g/mol. The van der Waals surface area contributed by atoms with E-state index < -0.39 is 11.9 Å². The van der Waals surface area contributed by atoms with Gasteiger partial charge in [-0.2, -0.15) is 0 Å². The fraction of sp³-hybridized carbons (Fsp3) is 0.538. The summed E-state index contributed by atoms with van der Waals surface area (Å²) >= 11 is 0. The summed E-state index contributed by atoms with van der Waals surface area (Å²) in [5, 5.41) is 10.2. The van der Waals surface area contributed by atoms with Crippen LogP contribution in [-0.4, -0.2) is 20.8 Å². The number of nitrogens with zero attached hydrogens (tertiary/aromatic N) is 2. The molecule has 1 atom stereocenters. The van der Waals surface area contributed by atoms with Crippen LogP contribution in [0.5, 0.6) is 0 Å². The number of hydrogen-bond acceptors (Lipinski definition) is 4. The minimum Gasteiger partial charge on any atom is -0.406 e. The van der Waals surface area contributed by atoms with E-state index in [1.165, 1.54) is 17.4 Å². The first-order valence-electron chi connectivity index (χ1n) is 6.38. The number of aliphatic hydroxyl groups is 1. The predicted molar refractivity (Wildman–Crippen MR) is 66.2 cm³/mol. The molecule has 0 bridgehead atoms. The van der Waals surface area contributed by atoms with E-state index in [-0.39, 0.29) is 6.54 Å². The summed E-state index contributed by atoms with van der Waals surface area (Å²) in [4.78, 5) is 15.9. The second-order valence-electron chi connectivity index (χ2n) is 4.92. The van der Waals surface area contributed by atoms with Crippen molar-refractivity contribution >= 4 is 11.2 Å². The molecule has 1 saturated carbocycles. The Morgan fingerprint density at radius 1 is 1.50 bits per heavy atom. The first-order valence-corrected chi connectivity index (χ1v) is 6.38. The van der Waals surface area contributed by atoms with Gasteiger partial charge in [0, 0.05) is 6.20 Å². The summed E-state index contributed by atoms with van der Waals surface area (Å²) in [5.41, 5.74) is 0.987. The van der Waals surface area contributed by atoms with E-state index in [4.69, 9.17) is 4.42 Å². The zero-order chi connectivity index (χ0) is 12.5. The van der Waals surface area contributed by atoms with Crippen LogP contribution in [0.25, 0.3) is 11.2 Å². The van der Waals surface area contributed by atoms with Crippen molar-refractivity contribution in [2.45, 2.75) is 38.3 Å². The molecule has 5 nitrogen and oxygen atoms in total. The first-order chi connectivity index (χ1) is 8.75. The van der Waals surface area contributed by atoms with Gasteiger partial charge in [-0.25, -0.2) is 9.78 Å². The van der Waals surface area contributed by atoms with Crippen LogP contribution in [0.1, 0.15) is 25.7 Å². The van der Waals surface area contributed by atoms with Crippen LogP contribution >= 0.6 is 0 Å². The molecule has 1 aliphatic carbocycles. The number of fused-ring (bicyclic) bond motifs is 1. The van der Waals surface area contributed by atoms with Gasteiger partial charge in [0.25, 0.3) is 0 Å². The highest BCUT2D eigenvalue weighted by Crippen LogP contribution is 2.28. The third-order valence-electron chi connectivity index (χ3n) is 3.74. The van der Waals surface area contributed by atoms with E-state index in [1.807, 2.05) is 0 Å². The van der Waals surface area contributed by atoms with E-state index in [2.05, 4.69) is 4.98 Å². The standard InChI is InChI=1S/C13H16N2O3/c16-10(9-4-1-2-5-9)8-15-12-11(18-13(15)17)6-3-7-14-12/h3,6-7,9-10,16H,1-2,4-5,8H2. The molecule has 0 radical (unpaired) electrons. The number of hydrogen-bond donors (Lipinski definition) is 1. The highest BCUT2D eigenvalue weighted by Gasteiger charge is 2.25. The van der Waals surface area contributed by atoms with Gasteiger partial charge in [0.1, 0.15) is 0 Å². The minimum absolute atomic E-state index is 0.271. The average Bonchev–Trinajstić information content (AvgIpc) is 2.98. The van der Waals surface area contributed by atoms with Crippen molar-refractivity contribution in [2.75, 3.05) is 0 Å². The van der Waals surface area contributed by atoms with Gasteiger partial charge in [0.2, 0.25) is 0 Å². The molecule has 18 heavy (non-hydrogen) atoms. The molecule has 1 aliphatic rings. The molecule has 0 amide bonds. The normalized spacial score (nSPS) is 18.5. The Labute approximate surface area is 104 Å². The van der Waals surface area contributed by atoms with Gasteiger partial charge in [-0.3, -0.25) is 4.57 Å². The highest BCUT2D eigenvalue weighted by molar-refractivity contribution is 5.67. The summed E-state index contributed by atoms with van der Waals surface area (Å²) < 4.78 is 6.53. The molecule has 2 aromatic rings. The van der Waals surface area contributed by atoms with E-state index in [0.29, 0.717) is 17.1 Å². The lowest BCUT2D eigenvalue weighted by atomic mass is 10.0. The summed E-state index contributed by atoms with van der Waals surface area (Å²) in [7, 11) is 0. The lowest BCUT2D eigenvalue weighted by Gasteiger charge is -2.17. The van der Waals surface area contributed by atoms with Gasteiger partial charge < -0.3 is 9.52 Å². The van der Waals surface area contributed by atoms with E-state index >= 15 is 0 Å². The molecular formula is C13H16N2O3. The fourth-order valence-corrected chi connectivity index (χ4v) is 2.74. The maximum absolute atomic E-state index is 11.7. The Balaban J connectivity index is 1.89. The lowest BCUT2D eigenvalue weighted by Crippen LogP contribution is -2.28. The zero-order valence-electron chi connectivity index (χ0n) is 10.1. The zero-order valence-corrected chi connectivity index (χ0v) is 10.1. The largest absolute Gasteiger partial charge is 0.421 e. The van der Waals surface area contributed by atoms with Crippen molar-refractivity contribution in [1.29, 1.82) is 0 Å². The molecule has 0 aromatic carbocycles. The molecule has 96 valence electrons. The molecule has 0 saturated heterocycles. The molecule has 3 rings (SSSR count). The van der Waals surface area contributed by atoms with Crippen molar-refractivity contribution in [2.24, 2.45) is 5.92 Å². The van der Waals surface area contributed by atoms with Gasteiger partial charge in [0.15, 0.2) is 11.2 Å². The Morgan fingerprint density at radius 3 is 3.06 bits per heavy atom. The van der Waals surface area contributed by atoms with Crippen LogP contribution in [0.3, 0.4) is 0 Å². The predicted octanol–water partition coefficient (Wildman–Crippen LogP) is 1.54. The molecule has 1 unspecified atom stereocenters. The van der Waals surface area contributed by atoms with Crippen molar-refractivity contribution < 1.29 is 9.52 Å². The van der Waals surface area contributed by atoms with Gasteiger partial charge >= 0.3 is 5.76 Å². The van der Waals surface area contributed by atoms with E-state index in [0.717, 1.165) is 12.8 Å². The van der Waals surface area contributed by atoms with Gasteiger partial charge in [-0.1, -0.05) is 12.8 Å². The van der Waals surface area contributed by atoms with Crippen LogP contribution in [0.2, 0.25) is 0 Å². The van der Waals surface area contributed by atoms with Gasteiger partial charge in [-0.05, 0) is 30.9 Å². The highest BCUT2D eigenvalue weighted by atomic mass is 16.4. The average molecular weight is 248 g/mol. The Hall–Kier alpha value is -1.62. The summed E-state index contributed by atoms with van der Waals surface area (Å²) in [6.45, 7) is 0.271. The quantitative estimate of drug-likeness (QED) is 0.894. The molecule has 2 aromatic heterocycles. The van der Waals surface area contributed by atoms with Gasteiger partial charge in [0.05, 0.1) is 12.6 Å². The van der Waals surface area contributed by atoms with Crippen LogP contribution in [0, 0.1) is 5.92 Å². The third-order valence-corrected chi connectivity index (χ3v) is 3.74. The summed E-state index contributed by atoms with van der Waals surface area (Å²) in [5.74, 6) is -0.147. The third kappa shape index (κ3) is 1.95. The number of rotatable bonds is 3. The Kier molecular flexibility index (Phi) is 2.91. The van der Waals surface area contributed by atoms with Crippen LogP contribution in [-0.2, 0) is 6.54 Å². The number of aliphatic hydroxyl groups excluding tert-OH is 1. The van der Waals surface area contributed by atoms with Crippen molar-refractivity contribution in [3.05, 3.63) is 28.9 Å².